The number of aliphatic hydroxyl groups excluding tert-OH is 3. The smallest absolute Gasteiger partial charge is 0.332 e. The fourth-order valence-corrected chi connectivity index (χ4v) is 0.527. The molecule has 0 saturated heterocycles. The molecule has 66 valence electrons. The lowest BCUT2D eigenvalue weighted by atomic mass is 10.1. The van der Waals surface area contributed by atoms with Crippen LogP contribution in [0.5, 0.6) is 0 Å². The molecular formula is C6H12O5. The van der Waals surface area contributed by atoms with E-state index < -0.39 is 24.3 Å². The van der Waals surface area contributed by atoms with E-state index in [9.17, 15) is 4.79 Å². The maximum atomic E-state index is 10.0. The molecule has 3 atom stereocenters. The molecule has 0 aromatic heterocycles. The van der Waals surface area contributed by atoms with Crippen LogP contribution in [0.4, 0.5) is 0 Å². The summed E-state index contributed by atoms with van der Waals surface area (Å²) in [5, 5.41) is 34.4. The molecule has 0 saturated carbocycles. The van der Waals surface area contributed by atoms with Gasteiger partial charge >= 0.3 is 5.97 Å². The summed E-state index contributed by atoms with van der Waals surface area (Å²) in [6.07, 6.45) is -4.18. The summed E-state index contributed by atoms with van der Waals surface area (Å²) in [4.78, 5) is 10.0. The molecule has 5 nitrogen and oxygen atoms in total. The van der Waals surface area contributed by atoms with Crippen molar-refractivity contribution in [3.05, 3.63) is 0 Å². The minimum absolute atomic E-state index is 0.354. The predicted octanol–water partition coefficient (Wildman–Crippen LogP) is -1.44. The quantitative estimate of drug-likeness (QED) is 0.408. The summed E-state index contributed by atoms with van der Waals surface area (Å²) in [5.74, 6) is -1.40. The number of hydrogen-bond acceptors (Lipinski definition) is 4. The van der Waals surface area contributed by atoms with Gasteiger partial charge < -0.3 is 20.4 Å². The van der Waals surface area contributed by atoms with E-state index in [0.29, 0.717) is 0 Å². The van der Waals surface area contributed by atoms with Crippen LogP contribution >= 0.6 is 0 Å². The van der Waals surface area contributed by atoms with E-state index in [-0.39, 0.29) is 6.42 Å². The number of aliphatic hydroxyl groups is 3. The molecular weight excluding hydrogens is 152 g/mol. The highest BCUT2D eigenvalue weighted by Gasteiger charge is 2.20. The Kier molecular flexibility index (Phi) is 4.02. The van der Waals surface area contributed by atoms with Crippen molar-refractivity contribution >= 4 is 5.97 Å². The van der Waals surface area contributed by atoms with Gasteiger partial charge in [0.15, 0.2) is 6.10 Å². The van der Waals surface area contributed by atoms with Crippen molar-refractivity contribution in [2.75, 3.05) is 0 Å². The second kappa shape index (κ2) is 4.27. The fourth-order valence-electron chi connectivity index (χ4n) is 0.527. The Morgan fingerprint density at radius 3 is 2.09 bits per heavy atom. The van der Waals surface area contributed by atoms with Gasteiger partial charge in [0.1, 0.15) is 0 Å². The van der Waals surface area contributed by atoms with E-state index in [4.69, 9.17) is 20.4 Å². The molecule has 0 rings (SSSR count). The third-order valence-corrected chi connectivity index (χ3v) is 1.31. The average molecular weight is 164 g/mol. The first-order valence-electron chi connectivity index (χ1n) is 3.22. The lowest BCUT2D eigenvalue weighted by molar-refractivity contribution is -0.149. The number of rotatable bonds is 4. The molecule has 11 heavy (non-hydrogen) atoms. The minimum atomic E-state index is -1.61. The van der Waals surface area contributed by atoms with Crippen LogP contribution in [0.2, 0.25) is 0 Å². The molecule has 0 radical (unpaired) electrons. The zero-order valence-corrected chi connectivity index (χ0v) is 6.14. The van der Waals surface area contributed by atoms with E-state index in [2.05, 4.69) is 0 Å². The maximum Gasteiger partial charge on any atom is 0.332 e. The Labute approximate surface area is 63.9 Å². The normalized spacial score (nSPS) is 18.9. The van der Waals surface area contributed by atoms with Crippen molar-refractivity contribution in [3.8, 4) is 0 Å². The van der Waals surface area contributed by atoms with E-state index in [0.717, 1.165) is 0 Å². The van der Waals surface area contributed by atoms with Crippen molar-refractivity contribution in [3.63, 3.8) is 0 Å². The van der Waals surface area contributed by atoms with Crippen molar-refractivity contribution in [1.29, 1.82) is 0 Å². The third kappa shape index (κ3) is 3.92. The zero-order valence-electron chi connectivity index (χ0n) is 6.14. The van der Waals surface area contributed by atoms with Crippen LogP contribution in [0.3, 0.4) is 0 Å². The van der Waals surface area contributed by atoms with Gasteiger partial charge in [-0.25, -0.2) is 4.79 Å². The van der Waals surface area contributed by atoms with E-state index in [1.165, 1.54) is 6.92 Å². The minimum Gasteiger partial charge on any atom is -0.479 e. The predicted molar refractivity (Wildman–Crippen MR) is 35.9 cm³/mol. The van der Waals surface area contributed by atoms with Crippen LogP contribution in [0.15, 0.2) is 0 Å². The largest absolute Gasteiger partial charge is 0.479 e. The summed E-state index contributed by atoms with van der Waals surface area (Å²) in [5.41, 5.74) is 0. The molecule has 0 amide bonds. The SMILES string of the molecule is CC(O)C(O)CC(O)C(=O)O. The summed E-state index contributed by atoms with van der Waals surface area (Å²) >= 11 is 0. The van der Waals surface area contributed by atoms with Gasteiger partial charge in [0.25, 0.3) is 0 Å². The van der Waals surface area contributed by atoms with Crippen molar-refractivity contribution in [2.24, 2.45) is 0 Å². The van der Waals surface area contributed by atoms with Gasteiger partial charge in [0.2, 0.25) is 0 Å². The molecule has 0 fully saturated rings. The molecule has 0 aliphatic rings. The molecule has 0 bridgehead atoms. The molecule has 0 aliphatic carbocycles. The van der Waals surface area contributed by atoms with Gasteiger partial charge in [-0.3, -0.25) is 0 Å². The van der Waals surface area contributed by atoms with Crippen molar-refractivity contribution in [2.45, 2.75) is 31.7 Å². The second-order valence-corrected chi connectivity index (χ2v) is 2.40. The van der Waals surface area contributed by atoms with Crippen LogP contribution in [-0.4, -0.2) is 44.7 Å². The maximum absolute atomic E-state index is 10.0. The van der Waals surface area contributed by atoms with E-state index in [1.54, 1.807) is 0 Å². The van der Waals surface area contributed by atoms with Gasteiger partial charge in [-0.15, -0.1) is 0 Å². The Morgan fingerprint density at radius 1 is 1.36 bits per heavy atom. The highest BCUT2D eigenvalue weighted by Crippen LogP contribution is 2.02. The number of carbonyl (C=O) groups is 1. The second-order valence-electron chi connectivity index (χ2n) is 2.40. The summed E-state index contributed by atoms with van der Waals surface area (Å²) in [6.45, 7) is 1.32. The number of carboxylic acid groups (broad SMARTS) is 1. The highest BCUT2D eigenvalue weighted by molar-refractivity contribution is 5.71. The van der Waals surface area contributed by atoms with Gasteiger partial charge in [-0.2, -0.15) is 0 Å². The Bertz CT molecular complexity index is 133. The van der Waals surface area contributed by atoms with Crippen LogP contribution in [0.1, 0.15) is 13.3 Å². The molecule has 5 heteroatoms. The summed E-state index contributed by atoms with van der Waals surface area (Å²) in [6, 6.07) is 0. The van der Waals surface area contributed by atoms with Gasteiger partial charge in [0, 0.05) is 6.42 Å². The third-order valence-electron chi connectivity index (χ3n) is 1.31. The highest BCUT2D eigenvalue weighted by atomic mass is 16.4. The lowest BCUT2D eigenvalue weighted by Gasteiger charge is -2.14. The lowest BCUT2D eigenvalue weighted by Crippen LogP contribution is -2.31. The molecule has 0 aliphatic heterocycles. The van der Waals surface area contributed by atoms with Gasteiger partial charge in [-0.1, -0.05) is 0 Å². The first kappa shape index (κ1) is 10.3. The number of carboxylic acids is 1. The van der Waals surface area contributed by atoms with Crippen LogP contribution in [0.25, 0.3) is 0 Å². The summed E-state index contributed by atoms with van der Waals surface area (Å²) < 4.78 is 0. The van der Waals surface area contributed by atoms with E-state index in [1.807, 2.05) is 0 Å². The molecule has 0 heterocycles. The number of hydrogen-bond donors (Lipinski definition) is 4. The van der Waals surface area contributed by atoms with Crippen molar-refractivity contribution < 1.29 is 25.2 Å². The Balaban J connectivity index is 3.75. The van der Waals surface area contributed by atoms with Gasteiger partial charge in [0.05, 0.1) is 12.2 Å². The monoisotopic (exact) mass is 164 g/mol. The first-order chi connectivity index (χ1) is 4.95. The summed E-state index contributed by atoms with van der Waals surface area (Å²) in [7, 11) is 0. The Hall–Kier alpha value is -0.650. The van der Waals surface area contributed by atoms with E-state index >= 15 is 0 Å². The zero-order chi connectivity index (χ0) is 9.02. The first-order valence-corrected chi connectivity index (χ1v) is 3.22. The average Bonchev–Trinajstić information content (AvgIpc) is 1.87. The van der Waals surface area contributed by atoms with Crippen molar-refractivity contribution in [1.82, 2.24) is 0 Å². The standard InChI is InChI=1S/C6H12O5/c1-3(7)4(8)2-5(9)6(10)11/h3-5,7-9H,2H2,1H3,(H,10,11). The molecule has 0 aromatic rings. The number of aliphatic carboxylic acids is 1. The Morgan fingerprint density at radius 2 is 1.82 bits per heavy atom. The van der Waals surface area contributed by atoms with Gasteiger partial charge in [-0.05, 0) is 6.92 Å². The fraction of sp³-hybridized carbons (Fsp3) is 0.833. The topological polar surface area (TPSA) is 98.0 Å². The molecule has 4 N–H and O–H groups in total. The molecule has 0 spiro atoms. The van der Waals surface area contributed by atoms with Crippen LogP contribution < -0.4 is 0 Å². The van der Waals surface area contributed by atoms with Crippen LogP contribution in [-0.2, 0) is 4.79 Å². The molecule has 0 aromatic carbocycles. The molecule has 3 unspecified atom stereocenters. The van der Waals surface area contributed by atoms with Crippen LogP contribution in [0, 0.1) is 0 Å².